The molecule has 0 fully saturated rings. The molecule has 2 heterocycles. The Morgan fingerprint density at radius 1 is 0.604 bits per heavy atom. The van der Waals surface area contributed by atoms with Gasteiger partial charge in [0.2, 0.25) is 0 Å². The molecule has 0 radical (unpaired) electrons. The normalized spacial score (nSPS) is 11.0. The summed E-state index contributed by atoms with van der Waals surface area (Å²) in [6, 6.07) is 26.8. The van der Waals surface area contributed by atoms with Gasteiger partial charge in [-0.1, -0.05) is 36.4 Å². The van der Waals surface area contributed by atoms with Crippen molar-refractivity contribution in [3.05, 3.63) is 107 Å². The second kappa shape index (κ2) is 15.3. The molecule has 0 saturated heterocycles. The first kappa shape index (κ1) is 33.8. The van der Waals surface area contributed by atoms with Crippen LogP contribution in [0, 0.1) is 0 Å². The number of carbonyl (C=O) groups is 2. The average Bonchev–Trinajstić information content (AvgIpc) is 3.69. The summed E-state index contributed by atoms with van der Waals surface area (Å²) in [6.45, 7) is 6.55. The summed E-state index contributed by atoms with van der Waals surface area (Å²) in [5, 5.41) is 1.92. The van der Waals surface area contributed by atoms with E-state index in [0.717, 1.165) is 68.3 Å². The van der Waals surface area contributed by atoms with E-state index in [9.17, 15) is 9.59 Å². The van der Waals surface area contributed by atoms with Crippen LogP contribution in [0.25, 0.3) is 44.1 Å². The van der Waals surface area contributed by atoms with E-state index in [2.05, 4.69) is 22.1 Å². The summed E-state index contributed by atoms with van der Waals surface area (Å²) in [6.07, 6.45) is 1.49. The number of aromatic amines is 2. The molecule has 2 aromatic heterocycles. The van der Waals surface area contributed by atoms with Gasteiger partial charge in [-0.15, -0.1) is 0 Å². The first-order valence-electron chi connectivity index (χ1n) is 16.0. The number of aromatic nitrogens is 2. The molecule has 2 amide bonds. The number of amides is 2. The topological polar surface area (TPSA) is 188 Å². The van der Waals surface area contributed by atoms with E-state index in [1.165, 1.54) is 0 Å². The Kier molecular flexibility index (Phi) is 10.8. The Balaban J connectivity index is 0.000000188. The van der Waals surface area contributed by atoms with Crippen molar-refractivity contribution >= 4 is 45.0 Å². The summed E-state index contributed by atoms with van der Waals surface area (Å²) in [5.74, 6) is -0.894. The van der Waals surface area contributed by atoms with Gasteiger partial charge in [-0.25, -0.2) is 0 Å². The molecule has 0 atom stereocenters. The van der Waals surface area contributed by atoms with E-state index in [-0.39, 0.29) is 0 Å². The van der Waals surface area contributed by atoms with Gasteiger partial charge >= 0.3 is 0 Å². The van der Waals surface area contributed by atoms with Crippen LogP contribution in [0.5, 0.6) is 0 Å². The summed E-state index contributed by atoms with van der Waals surface area (Å²) >= 11 is 0. The zero-order valence-corrected chi connectivity index (χ0v) is 27.3. The highest BCUT2D eigenvalue weighted by Crippen LogP contribution is 2.34. The van der Waals surface area contributed by atoms with E-state index in [1.807, 2.05) is 74.5 Å². The predicted molar refractivity (Wildman–Crippen MR) is 194 cm³/mol. The number of ether oxygens (including phenoxy) is 2. The van der Waals surface area contributed by atoms with Crippen molar-refractivity contribution < 1.29 is 19.1 Å². The molecule has 10 nitrogen and oxygen atoms in total. The van der Waals surface area contributed by atoms with E-state index < -0.39 is 11.8 Å². The molecule has 10 N–H and O–H groups in total. The van der Waals surface area contributed by atoms with Crippen LogP contribution in [-0.4, -0.2) is 48.2 Å². The number of fused-ring (bicyclic) bond motifs is 2. The second-order valence-corrected chi connectivity index (χ2v) is 11.4. The minimum Gasteiger partial charge on any atom is -0.399 e. The van der Waals surface area contributed by atoms with Gasteiger partial charge in [-0.2, -0.15) is 0 Å². The Morgan fingerprint density at radius 3 is 1.38 bits per heavy atom. The fraction of sp³-hybridized carbons (Fsp3) is 0.211. The van der Waals surface area contributed by atoms with Crippen LogP contribution in [0.15, 0.2) is 84.9 Å². The molecular weight excluding hydrogens is 604 g/mol. The maximum Gasteiger partial charge on any atom is 0.250 e. The summed E-state index contributed by atoms with van der Waals surface area (Å²) in [7, 11) is 0. The van der Waals surface area contributed by atoms with Crippen molar-refractivity contribution in [1.82, 2.24) is 9.97 Å². The number of hydrogen-bond acceptors (Lipinski definition) is 6. The van der Waals surface area contributed by atoms with Gasteiger partial charge in [0.1, 0.15) is 0 Å². The van der Waals surface area contributed by atoms with Crippen LogP contribution in [0.2, 0.25) is 0 Å². The lowest BCUT2D eigenvalue weighted by atomic mass is 9.98. The number of hydrogen-bond donors (Lipinski definition) is 6. The van der Waals surface area contributed by atoms with Gasteiger partial charge in [0.25, 0.3) is 11.8 Å². The minimum absolute atomic E-state index is 0.447. The Labute approximate surface area is 279 Å². The molecule has 4 aromatic carbocycles. The first-order valence-corrected chi connectivity index (χ1v) is 16.0. The number of rotatable bonds is 12. The number of carbonyl (C=O) groups excluding carboxylic acids is 2. The molecule has 6 aromatic rings. The minimum atomic E-state index is -0.447. The summed E-state index contributed by atoms with van der Waals surface area (Å²) in [4.78, 5) is 30.1. The Hall–Kier alpha value is -5.58. The highest BCUT2D eigenvalue weighted by molar-refractivity contribution is 6.10. The van der Waals surface area contributed by atoms with Gasteiger partial charge in [0, 0.05) is 59.6 Å². The lowest BCUT2D eigenvalue weighted by molar-refractivity contribution is 0.0993. The molecule has 0 aliphatic heterocycles. The van der Waals surface area contributed by atoms with Crippen molar-refractivity contribution in [2.75, 3.05) is 37.9 Å². The molecule has 0 spiro atoms. The highest BCUT2D eigenvalue weighted by Gasteiger charge is 2.16. The van der Waals surface area contributed by atoms with Gasteiger partial charge in [0.05, 0.1) is 35.4 Å². The maximum absolute atomic E-state index is 11.7. The molecule has 48 heavy (non-hydrogen) atoms. The van der Waals surface area contributed by atoms with Crippen molar-refractivity contribution in [2.24, 2.45) is 11.5 Å². The van der Waals surface area contributed by atoms with Crippen LogP contribution in [-0.2, 0) is 22.3 Å². The zero-order chi connectivity index (χ0) is 34.2. The fourth-order valence-corrected chi connectivity index (χ4v) is 5.80. The Bertz CT molecular complexity index is 1910. The number of nitrogen functional groups attached to an aromatic ring is 2. The molecule has 0 saturated carbocycles. The molecule has 248 valence electrons. The largest absolute Gasteiger partial charge is 0.399 e. The van der Waals surface area contributed by atoms with E-state index in [1.54, 1.807) is 12.1 Å². The van der Waals surface area contributed by atoms with Crippen LogP contribution in [0.4, 0.5) is 11.4 Å². The third-order valence-electron chi connectivity index (χ3n) is 8.07. The van der Waals surface area contributed by atoms with E-state index in [4.69, 9.17) is 32.4 Å². The highest BCUT2D eigenvalue weighted by atomic mass is 16.5. The smallest absolute Gasteiger partial charge is 0.250 e. The lowest BCUT2D eigenvalue weighted by Gasteiger charge is -2.07. The number of nitrogens with one attached hydrogen (secondary N) is 2. The fourth-order valence-electron chi connectivity index (χ4n) is 5.80. The predicted octanol–water partition coefficient (Wildman–Crippen LogP) is 6.19. The number of nitrogens with two attached hydrogens (primary N) is 4. The monoisotopic (exact) mass is 646 g/mol. The molecule has 0 aliphatic rings. The SMILES string of the molecule is CCOCCc1cc2c(-c3cccc(N)c3)ccc(C(N)=O)c2[nH]1.CCOCCc1cc2c(-c3cccc(N)c3)ccc(C(N)=O)c2[nH]1. The quantitative estimate of drug-likeness (QED) is 0.0679. The van der Waals surface area contributed by atoms with Gasteiger partial charge < -0.3 is 42.4 Å². The summed E-state index contributed by atoms with van der Waals surface area (Å²) in [5.41, 5.74) is 32.8. The van der Waals surface area contributed by atoms with E-state index in [0.29, 0.717) is 48.9 Å². The van der Waals surface area contributed by atoms with E-state index >= 15 is 0 Å². The van der Waals surface area contributed by atoms with Gasteiger partial charge in [0.15, 0.2) is 0 Å². The maximum atomic E-state index is 11.7. The zero-order valence-electron chi connectivity index (χ0n) is 27.3. The third-order valence-corrected chi connectivity index (χ3v) is 8.07. The number of H-pyrrole nitrogens is 2. The van der Waals surface area contributed by atoms with Crippen LogP contribution >= 0.6 is 0 Å². The number of benzene rings is 4. The molecule has 0 unspecified atom stereocenters. The molecule has 10 heteroatoms. The standard InChI is InChI=1S/2C19H21N3O2/c2*1-2-24-9-8-14-11-17-15(12-4-3-5-13(20)10-12)6-7-16(19(21)23)18(17)22-14/h2*3-7,10-11,22H,2,8-9,20H2,1H3,(H2,21,23). The number of primary amides is 2. The van der Waals surface area contributed by atoms with Crippen LogP contribution < -0.4 is 22.9 Å². The lowest BCUT2D eigenvalue weighted by Crippen LogP contribution is -2.11. The average molecular weight is 647 g/mol. The summed E-state index contributed by atoms with van der Waals surface area (Å²) < 4.78 is 10.8. The number of anilines is 2. The van der Waals surface area contributed by atoms with Crippen molar-refractivity contribution in [3.8, 4) is 22.3 Å². The molecule has 0 bridgehead atoms. The molecule has 0 aliphatic carbocycles. The molecule has 6 rings (SSSR count). The third kappa shape index (κ3) is 7.68. The van der Waals surface area contributed by atoms with Crippen molar-refractivity contribution in [3.63, 3.8) is 0 Å². The molecular formula is C38H42N6O4. The van der Waals surface area contributed by atoms with Crippen molar-refractivity contribution in [2.45, 2.75) is 26.7 Å². The Morgan fingerprint density at radius 2 is 1.02 bits per heavy atom. The van der Waals surface area contributed by atoms with Gasteiger partial charge in [-0.3, -0.25) is 9.59 Å². The van der Waals surface area contributed by atoms with Crippen LogP contribution in [0.1, 0.15) is 46.0 Å². The second-order valence-electron chi connectivity index (χ2n) is 11.4. The van der Waals surface area contributed by atoms with Crippen LogP contribution in [0.3, 0.4) is 0 Å². The van der Waals surface area contributed by atoms with Crippen molar-refractivity contribution in [1.29, 1.82) is 0 Å². The van der Waals surface area contributed by atoms with Gasteiger partial charge in [-0.05, 0) is 84.6 Å². The first-order chi connectivity index (χ1) is 23.2.